The van der Waals surface area contributed by atoms with E-state index in [1.54, 1.807) is 0 Å². The van der Waals surface area contributed by atoms with Gasteiger partial charge in [0.05, 0.1) is 18.1 Å². The second kappa shape index (κ2) is 6.06. The summed E-state index contributed by atoms with van der Waals surface area (Å²) in [7, 11) is 0. The monoisotopic (exact) mass is 312 g/mol. The highest BCUT2D eigenvalue weighted by atomic mass is 16.5. The Labute approximate surface area is 137 Å². The zero-order valence-electron chi connectivity index (χ0n) is 13.7. The van der Waals surface area contributed by atoms with Crippen molar-refractivity contribution in [2.75, 3.05) is 26.3 Å². The van der Waals surface area contributed by atoms with Crippen molar-refractivity contribution >= 4 is 0 Å². The Kier molecular flexibility index (Phi) is 3.91. The molecule has 0 bridgehead atoms. The van der Waals surface area contributed by atoms with E-state index in [0.29, 0.717) is 5.41 Å². The van der Waals surface area contributed by atoms with E-state index in [2.05, 4.69) is 32.8 Å². The van der Waals surface area contributed by atoms with Crippen molar-refractivity contribution in [1.29, 1.82) is 0 Å². The van der Waals surface area contributed by atoms with Gasteiger partial charge in [0, 0.05) is 50.8 Å². The SMILES string of the molecule is CC1(CN2CCc3[nH]cnc3[C@@H]2c2cccnc2)CCOCC1. The molecule has 1 fully saturated rings. The Morgan fingerprint density at radius 3 is 3.04 bits per heavy atom. The highest BCUT2D eigenvalue weighted by Gasteiger charge is 2.36. The lowest BCUT2D eigenvalue weighted by Gasteiger charge is -2.43. The van der Waals surface area contributed by atoms with E-state index in [-0.39, 0.29) is 6.04 Å². The van der Waals surface area contributed by atoms with Gasteiger partial charge in [-0.2, -0.15) is 0 Å². The summed E-state index contributed by atoms with van der Waals surface area (Å²) < 4.78 is 5.56. The molecule has 1 saturated heterocycles. The third-order valence-electron chi connectivity index (χ3n) is 5.31. The number of aromatic amines is 1. The van der Waals surface area contributed by atoms with Crippen LogP contribution in [0.25, 0.3) is 0 Å². The van der Waals surface area contributed by atoms with E-state index in [1.165, 1.54) is 17.0 Å². The van der Waals surface area contributed by atoms with Crippen LogP contribution in [-0.4, -0.2) is 46.2 Å². The highest BCUT2D eigenvalue weighted by Crippen LogP contribution is 2.38. The minimum atomic E-state index is 0.207. The minimum Gasteiger partial charge on any atom is -0.381 e. The topological polar surface area (TPSA) is 54.0 Å². The molecule has 4 heterocycles. The molecule has 2 aromatic heterocycles. The van der Waals surface area contributed by atoms with Gasteiger partial charge < -0.3 is 9.72 Å². The Balaban J connectivity index is 1.65. The van der Waals surface area contributed by atoms with Crippen LogP contribution < -0.4 is 0 Å². The van der Waals surface area contributed by atoms with Crippen LogP contribution in [0.1, 0.15) is 42.8 Å². The fraction of sp³-hybridized carbons (Fsp3) is 0.556. The zero-order valence-corrected chi connectivity index (χ0v) is 13.7. The maximum absolute atomic E-state index is 5.56. The lowest BCUT2D eigenvalue weighted by atomic mass is 9.80. The normalized spacial score (nSPS) is 24.3. The molecule has 2 aliphatic rings. The molecule has 2 aromatic rings. The van der Waals surface area contributed by atoms with Crippen molar-refractivity contribution in [3.63, 3.8) is 0 Å². The van der Waals surface area contributed by atoms with Crippen molar-refractivity contribution in [3.8, 4) is 0 Å². The van der Waals surface area contributed by atoms with Crippen LogP contribution in [0.15, 0.2) is 30.9 Å². The maximum atomic E-state index is 5.56. The van der Waals surface area contributed by atoms with E-state index in [1.807, 2.05) is 24.8 Å². The average Bonchev–Trinajstić information content (AvgIpc) is 3.04. The largest absolute Gasteiger partial charge is 0.381 e. The summed E-state index contributed by atoms with van der Waals surface area (Å²) in [6.07, 6.45) is 8.95. The Bertz CT molecular complexity index is 648. The first-order valence-electron chi connectivity index (χ1n) is 8.49. The summed E-state index contributed by atoms with van der Waals surface area (Å²) in [5.74, 6) is 0. The minimum absolute atomic E-state index is 0.207. The van der Waals surface area contributed by atoms with Gasteiger partial charge in [0.25, 0.3) is 0 Å². The molecule has 4 rings (SSSR count). The molecule has 0 spiro atoms. The van der Waals surface area contributed by atoms with E-state index in [4.69, 9.17) is 4.74 Å². The molecule has 2 aliphatic heterocycles. The van der Waals surface area contributed by atoms with E-state index >= 15 is 0 Å². The number of nitrogens with zero attached hydrogens (tertiary/aromatic N) is 3. The van der Waals surface area contributed by atoms with Gasteiger partial charge in [0.15, 0.2) is 0 Å². The number of hydrogen-bond acceptors (Lipinski definition) is 4. The van der Waals surface area contributed by atoms with Gasteiger partial charge >= 0.3 is 0 Å². The van der Waals surface area contributed by atoms with Crippen LogP contribution in [0.4, 0.5) is 0 Å². The fourth-order valence-corrected chi connectivity index (χ4v) is 3.91. The van der Waals surface area contributed by atoms with Gasteiger partial charge in [-0.25, -0.2) is 4.98 Å². The molecular formula is C18H24N4O. The molecule has 1 N–H and O–H groups in total. The average molecular weight is 312 g/mol. The Morgan fingerprint density at radius 1 is 1.39 bits per heavy atom. The highest BCUT2D eigenvalue weighted by molar-refractivity contribution is 5.31. The van der Waals surface area contributed by atoms with Crippen LogP contribution in [0, 0.1) is 5.41 Å². The first-order chi connectivity index (χ1) is 11.3. The Hall–Kier alpha value is -1.72. The van der Waals surface area contributed by atoms with Crippen molar-refractivity contribution in [2.45, 2.75) is 32.2 Å². The predicted molar refractivity (Wildman–Crippen MR) is 88.1 cm³/mol. The van der Waals surface area contributed by atoms with E-state index in [0.717, 1.165) is 45.6 Å². The van der Waals surface area contributed by atoms with Gasteiger partial charge in [0.2, 0.25) is 0 Å². The quantitative estimate of drug-likeness (QED) is 0.946. The lowest BCUT2D eigenvalue weighted by Crippen LogP contribution is -2.44. The number of rotatable bonds is 3. The van der Waals surface area contributed by atoms with Crippen molar-refractivity contribution in [3.05, 3.63) is 47.8 Å². The third kappa shape index (κ3) is 2.91. The van der Waals surface area contributed by atoms with Crippen molar-refractivity contribution in [1.82, 2.24) is 19.9 Å². The second-order valence-electron chi connectivity index (χ2n) is 7.10. The van der Waals surface area contributed by atoms with Crippen LogP contribution in [-0.2, 0) is 11.2 Å². The number of pyridine rings is 1. The van der Waals surface area contributed by atoms with E-state index < -0.39 is 0 Å². The molecule has 0 saturated carbocycles. The number of aromatic nitrogens is 3. The molecule has 0 radical (unpaired) electrons. The number of nitrogens with one attached hydrogen (secondary N) is 1. The third-order valence-corrected chi connectivity index (χ3v) is 5.31. The summed E-state index contributed by atoms with van der Waals surface area (Å²) in [6.45, 7) is 6.31. The van der Waals surface area contributed by atoms with Crippen molar-refractivity contribution < 1.29 is 4.74 Å². The van der Waals surface area contributed by atoms with Crippen LogP contribution in [0.3, 0.4) is 0 Å². The fourth-order valence-electron chi connectivity index (χ4n) is 3.91. The first-order valence-corrected chi connectivity index (χ1v) is 8.49. The van der Waals surface area contributed by atoms with Crippen LogP contribution >= 0.6 is 0 Å². The van der Waals surface area contributed by atoms with Gasteiger partial charge in [0.1, 0.15) is 0 Å². The van der Waals surface area contributed by atoms with Crippen molar-refractivity contribution in [2.24, 2.45) is 5.41 Å². The van der Waals surface area contributed by atoms with Crippen LogP contribution in [0.5, 0.6) is 0 Å². The number of ether oxygens (including phenoxy) is 1. The second-order valence-corrected chi connectivity index (χ2v) is 7.10. The molecule has 5 nitrogen and oxygen atoms in total. The molecule has 0 aliphatic carbocycles. The van der Waals surface area contributed by atoms with Crippen LogP contribution in [0.2, 0.25) is 0 Å². The summed E-state index contributed by atoms with van der Waals surface area (Å²) >= 11 is 0. The smallest absolute Gasteiger partial charge is 0.0926 e. The molecule has 5 heteroatoms. The number of H-pyrrole nitrogens is 1. The van der Waals surface area contributed by atoms with Gasteiger partial charge in [-0.1, -0.05) is 13.0 Å². The van der Waals surface area contributed by atoms with E-state index in [9.17, 15) is 0 Å². The summed E-state index contributed by atoms with van der Waals surface area (Å²) in [6, 6.07) is 4.39. The maximum Gasteiger partial charge on any atom is 0.0926 e. The first kappa shape index (κ1) is 14.8. The molecule has 23 heavy (non-hydrogen) atoms. The molecule has 0 amide bonds. The predicted octanol–water partition coefficient (Wildman–Crippen LogP) is 2.57. The van der Waals surface area contributed by atoms with Gasteiger partial charge in [-0.3, -0.25) is 9.88 Å². The standard InChI is InChI=1S/C18H24N4O/c1-18(5-9-23-10-6-18)12-22-8-4-15-16(21-13-20-15)17(22)14-3-2-7-19-11-14/h2-3,7,11,13,17H,4-6,8-10,12H2,1H3,(H,20,21)/t17-/m0/s1. The zero-order chi connectivity index (χ0) is 15.7. The van der Waals surface area contributed by atoms with Gasteiger partial charge in [-0.05, 0) is 29.9 Å². The molecular weight excluding hydrogens is 288 g/mol. The molecule has 1 atom stereocenters. The summed E-state index contributed by atoms with van der Waals surface area (Å²) in [4.78, 5) is 14.9. The molecule has 122 valence electrons. The van der Waals surface area contributed by atoms with Gasteiger partial charge in [-0.15, -0.1) is 0 Å². The number of imidazole rings is 1. The summed E-state index contributed by atoms with van der Waals surface area (Å²) in [5.41, 5.74) is 4.00. The molecule has 0 unspecified atom stereocenters. The summed E-state index contributed by atoms with van der Waals surface area (Å²) in [5, 5.41) is 0. The Morgan fingerprint density at radius 2 is 2.26 bits per heavy atom. The number of fused-ring (bicyclic) bond motifs is 1. The lowest BCUT2D eigenvalue weighted by molar-refractivity contribution is -0.00157. The molecule has 0 aromatic carbocycles. The number of hydrogen-bond donors (Lipinski definition) is 1.